The summed E-state index contributed by atoms with van der Waals surface area (Å²) in [5.41, 5.74) is 3.51. The van der Waals surface area contributed by atoms with Gasteiger partial charge in [0.15, 0.2) is 0 Å². The van der Waals surface area contributed by atoms with Gasteiger partial charge < -0.3 is 10.0 Å². The molecular weight excluding hydrogens is 477 g/mol. The predicted molar refractivity (Wildman–Crippen MR) is 148 cm³/mol. The zero-order valence-corrected chi connectivity index (χ0v) is 22.4. The van der Waals surface area contributed by atoms with Crippen LogP contribution in [-0.2, 0) is 11.3 Å². The van der Waals surface area contributed by atoms with Crippen molar-refractivity contribution in [2.75, 3.05) is 19.6 Å². The molecule has 0 bridgehead atoms. The van der Waals surface area contributed by atoms with Crippen LogP contribution in [0.1, 0.15) is 75.0 Å². The van der Waals surface area contributed by atoms with Crippen molar-refractivity contribution in [2.24, 2.45) is 23.7 Å². The number of aromatic nitrogens is 2. The van der Waals surface area contributed by atoms with E-state index in [9.17, 15) is 14.3 Å². The SMILES string of the molecule is CCn1nc2ccccc2c1C1CCN(CC2CC(C(CC3CC3)C(=O)O)C[C@@H]2c2cccc(F)c2)CC1. The summed E-state index contributed by atoms with van der Waals surface area (Å²) in [6, 6.07) is 15.5. The minimum absolute atomic E-state index is 0.175. The van der Waals surface area contributed by atoms with E-state index in [1.807, 2.05) is 6.07 Å². The van der Waals surface area contributed by atoms with Crippen molar-refractivity contribution in [1.29, 1.82) is 0 Å². The van der Waals surface area contributed by atoms with Gasteiger partial charge in [0, 0.05) is 30.1 Å². The van der Waals surface area contributed by atoms with Crippen molar-refractivity contribution >= 4 is 16.9 Å². The molecular formula is C32H40FN3O2. The van der Waals surface area contributed by atoms with Gasteiger partial charge in [-0.1, -0.05) is 43.2 Å². The average Bonchev–Trinajstić information content (AvgIpc) is 3.53. The second-order valence-electron chi connectivity index (χ2n) is 12.1. The number of carboxylic acids is 1. The van der Waals surface area contributed by atoms with E-state index in [0.717, 1.165) is 69.4 Å². The van der Waals surface area contributed by atoms with Crippen LogP contribution in [0.4, 0.5) is 4.39 Å². The average molecular weight is 518 g/mol. The summed E-state index contributed by atoms with van der Waals surface area (Å²) in [5, 5.41) is 16.2. The van der Waals surface area contributed by atoms with Crippen LogP contribution in [0, 0.1) is 29.5 Å². The van der Waals surface area contributed by atoms with Gasteiger partial charge in [0.05, 0.1) is 11.4 Å². The molecule has 3 unspecified atom stereocenters. The summed E-state index contributed by atoms with van der Waals surface area (Å²) < 4.78 is 16.4. The minimum Gasteiger partial charge on any atom is -0.481 e. The normalized spacial score (nSPS) is 25.7. The molecule has 2 aromatic carbocycles. The van der Waals surface area contributed by atoms with E-state index in [2.05, 4.69) is 40.8 Å². The van der Waals surface area contributed by atoms with Gasteiger partial charge in [0.25, 0.3) is 0 Å². The molecule has 2 saturated carbocycles. The van der Waals surface area contributed by atoms with Crippen LogP contribution in [0.25, 0.3) is 10.9 Å². The maximum absolute atomic E-state index is 14.2. The molecule has 6 heteroatoms. The molecule has 6 rings (SSSR count). The molecule has 0 spiro atoms. The van der Waals surface area contributed by atoms with Crippen LogP contribution in [0.15, 0.2) is 48.5 Å². The number of nitrogens with zero attached hydrogens (tertiary/aromatic N) is 3. The Morgan fingerprint density at radius 1 is 1.08 bits per heavy atom. The van der Waals surface area contributed by atoms with Gasteiger partial charge in [-0.2, -0.15) is 5.10 Å². The van der Waals surface area contributed by atoms with Gasteiger partial charge in [-0.25, -0.2) is 4.39 Å². The summed E-state index contributed by atoms with van der Waals surface area (Å²) >= 11 is 0. The van der Waals surface area contributed by atoms with E-state index in [1.54, 1.807) is 12.1 Å². The highest BCUT2D eigenvalue weighted by Crippen LogP contribution is 2.50. The number of benzene rings is 2. The molecule has 3 fully saturated rings. The summed E-state index contributed by atoms with van der Waals surface area (Å²) in [6.45, 7) is 6.09. The number of likely N-dealkylation sites (tertiary alicyclic amines) is 1. The van der Waals surface area contributed by atoms with Gasteiger partial charge in [0.1, 0.15) is 5.82 Å². The molecule has 1 aliphatic heterocycles. The maximum Gasteiger partial charge on any atom is 0.306 e. The quantitative estimate of drug-likeness (QED) is 0.344. The molecule has 4 atom stereocenters. The molecule has 1 saturated heterocycles. The van der Waals surface area contributed by atoms with E-state index in [1.165, 1.54) is 30.0 Å². The molecule has 2 aliphatic carbocycles. The molecule has 1 aromatic heterocycles. The van der Waals surface area contributed by atoms with Crippen LogP contribution in [0.5, 0.6) is 0 Å². The standard InChI is InChI=1S/C32H40FN3O2/c1-2-36-31(27-8-3-4-9-30(27)34-36)22-12-14-35(15-13-22)20-25-17-24(29(32(37)38)16-21-10-11-21)19-28(25)23-6-5-7-26(33)18-23/h3-9,18,21-22,24-25,28-29H,2,10-17,19-20H2,1H3,(H,37,38)/t24?,25?,28-,29?/m1/s1. The third kappa shape index (κ3) is 5.25. The van der Waals surface area contributed by atoms with Crippen molar-refractivity contribution in [2.45, 2.75) is 70.3 Å². The molecule has 38 heavy (non-hydrogen) atoms. The first-order valence-corrected chi connectivity index (χ1v) is 14.7. The number of hydrogen-bond acceptors (Lipinski definition) is 3. The molecule has 0 amide bonds. The van der Waals surface area contributed by atoms with Gasteiger partial charge in [-0.05, 0) is 99.6 Å². The first-order chi connectivity index (χ1) is 18.5. The Morgan fingerprint density at radius 2 is 1.87 bits per heavy atom. The molecule has 202 valence electrons. The smallest absolute Gasteiger partial charge is 0.306 e. The Morgan fingerprint density at radius 3 is 2.58 bits per heavy atom. The second-order valence-corrected chi connectivity index (χ2v) is 12.1. The molecule has 3 aliphatic rings. The van der Waals surface area contributed by atoms with Crippen molar-refractivity contribution in [3.63, 3.8) is 0 Å². The topological polar surface area (TPSA) is 58.4 Å². The lowest BCUT2D eigenvalue weighted by Crippen LogP contribution is -2.37. The first kappa shape index (κ1) is 25.5. The highest BCUT2D eigenvalue weighted by molar-refractivity contribution is 5.82. The summed E-state index contributed by atoms with van der Waals surface area (Å²) in [7, 11) is 0. The first-order valence-electron chi connectivity index (χ1n) is 14.7. The molecule has 3 aromatic rings. The van der Waals surface area contributed by atoms with Crippen LogP contribution >= 0.6 is 0 Å². The number of carbonyl (C=O) groups is 1. The number of halogens is 1. The lowest BCUT2D eigenvalue weighted by atomic mass is 9.85. The number of aryl methyl sites for hydroxylation is 1. The van der Waals surface area contributed by atoms with E-state index in [-0.39, 0.29) is 23.6 Å². The van der Waals surface area contributed by atoms with Crippen molar-refractivity contribution < 1.29 is 14.3 Å². The molecule has 2 heterocycles. The lowest BCUT2D eigenvalue weighted by molar-refractivity contribution is -0.144. The van der Waals surface area contributed by atoms with Gasteiger partial charge in [-0.15, -0.1) is 0 Å². The number of piperidine rings is 1. The van der Waals surface area contributed by atoms with Gasteiger partial charge in [0.2, 0.25) is 0 Å². The van der Waals surface area contributed by atoms with Crippen molar-refractivity contribution in [3.05, 3.63) is 65.6 Å². The highest BCUT2D eigenvalue weighted by atomic mass is 19.1. The number of aliphatic carboxylic acids is 1. The largest absolute Gasteiger partial charge is 0.481 e. The fraction of sp³-hybridized carbons (Fsp3) is 0.562. The summed E-state index contributed by atoms with van der Waals surface area (Å²) in [5.74, 6) is 0.755. The Bertz CT molecular complexity index is 1280. The van der Waals surface area contributed by atoms with Crippen LogP contribution in [0.2, 0.25) is 0 Å². The molecule has 1 N–H and O–H groups in total. The van der Waals surface area contributed by atoms with Gasteiger partial charge in [-0.3, -0.25) is 9.48 Å². The van der Waals surface area contributed by atoms with Crippen LogP contribution in [0.3, 0.4) is 0 Å². The van der Waals surface area contributed by atoms with E-state index >= 15 is 0 Å². The number of hydrogen-bond donors (Lipinski definition) is 1. The third-order valence-corrected chi connectivity index (χ3v) is 9.63. The highest BCUT2D eigenvalue weighted by Gasteiger charge is 2.43. The fourth-order valence-corrected chi connectivity index (χ4v) is 7.54. The second kappa shape index (κ2) is 10.8. The Balaban J connectivity index is 1.17. The Labute approximate surface area is 225 Å². The van der Waals surface area contributed by atoms with E-state index in [0.29, 0.717) is 17.8 Å². The van der Waals surface area contributed by atoms with Crippen LogP contribution in [-0.4, -0.2) is 45.4 Å². The molecule has 5 nitrogen and oxygen atoms in total. The van der Waals surface area contributed by atoms with Crippen LogP contribution < -0.4 is 0 Å². The Kier molecular flexibility index (Phi) is 7.26. The number of fused-ring (bicyclic) bond motifs is 1. The van der Waals surface area contributed by atoms with Crippen molar-refractivity contribution in [3.8, 4) is 0 Å². The van der Waals surface area contributed by atoms with Gasteiger partial charge >= 0.3 is 5.97 Å². The predicted octanol–water partition coefficient (Wildman–Crippen LogP) is 6.69. The number of carboxylic acid groups (broad SMARTS) is 1. The van der Waals surface area contributed by atoms with Crippen molar-refractivity contribution in [1.82, 2.24) is 14.7 Å². The zero-order chi connectivity index (χ0) is 26.2. The third-order valence-electron chi connectivity index (χ3n) is 9.63. The minimum atomic E-state index is -0.638. The number of rotatable bonds is 9. The summed E-state index contributed by atoms with van der Waals surface area (Å²) in [4.78, 5) is 14.8. The maximum atomic E-state index is 14.2. The zero-order valence-electron chi connectivity index (χ0n) is 22.4. The fourth-order valence-electron chi connectivity index (χ4n) is 7.54. The van der Waals surface area contributed by atoms with E-state index < -0.39 is 5.97 Å². The summed E-state index contributed by atoms with van der Waals surface area (Å²) in [6.07, 6.45) is 7.16. The van der Waals surface area contributed by atoms with E-state index in [4.69, 9.17) is 5.10 Å². The molecule has 0 radical (unpaired) electrons. The lowest BCUT2D eigenvalue weighted by Gasteiger charge is -2.35. The Hall–Kier alpha value is -2.73. The monoisotopic (exact) mass is 517 g/mol.